The molecular weight excluding hydrogens is 192 g/mol. The minimum Gasteiger partial charge on any atom is -0.463 e. The molecule has 0 unspecified atom stereocenters. The Morgan fingerprint density at radius 1 is 1.47 bits per heavy atom. The summed E-state index contributed by atoms with van der Waals surface area (Å²) in [5.74, 6) is 0.386. The van der Waals surface area contributed by atoms with Crippen molar-refractivity contribution < 1.29 is 14.6 Å². The van der Waals surface area contributed by atoms with Gasteiger partial charge in [0.2, 0.25) is 0 Å². The van der Waals surface area contributed by atoms with Gasteiger partial charge in [0, 0.05) is 12.7 Å². The van der Waals surface area contributed by atoms with Crippen LogP contribution in [0.2, 0.25) is 0 Å². The average molecular weight is 212 g/mol. The highest BCUT2D eigenvalue weighted by molar-refractivity contribution is 5.81. The molecule has 1 aliphatic carbocycles. The van der Waals surface area contributed by atoms with E-state index in [0.717, 1.165) is 12.8 Å². The van der Waals surface area contributed by atoms with Crippen molar-refractivity contribution in [3.63, 3.8) is 0 Å². The Kier molecular flexibility index (Phi) is 5.40. The first-order chi connectivity index (χ1) is 7.27. The number of aliphatic hydroxyl groups excluding tert-OH is 1. The summed E-state index contributed by atoms with van der Waals surface area (Å²) in [6, 6.07) is 0. The molecule has 1 aliphatic rings. The summed E-state index contributed by atoms with van der Waals surface area (Å²) in [6.45, 7) is 2.43. The summed E-state index contributed by atoms with van der Waals surface area (Å²) in [4.78, 5) is 11.1. The number of hydrogen-bond donors (Lipinski definition) is 1. The van der Waals surface area contributed by atoms with Gasteiger partial charge in [-0.05, 0) is 31.6 Å². The molecule has 0 aliphatic heterocycles. The Bertz CT molecular complexity index is 223. The van der Waals surface area contributed by atoms with Gasteiger partial charge in [-0.3, -0.25) is 0 Å². The van der Waals surface area contributed by atoms with E-state index < -0.39 is 0 Å². The van der Waals surface area contributed by atoms with Crippen molar-refractivity contribution in [3.8, 4) is 0 Å². The highest BCUT2D eigenvalue weighted by Gasteiger charge is 2.22. The molecule has 1 rings (SSSR count). The third kappa shape index (κ3) is 4.04. The van der Waals surface area contributed by atoms with Gasteiger partial charge in [0.15, 0.2) is 0 Å². The van der Waals surface area contributed by atoms with E-state index in [4.69, 9.17) is 4.74 Å². The monoisotopic (exact) mass is 212 g/mol. The Labute approximate surface area is 91.1 Å². The van der Waals surface area contributed by atoms with Gasteiger partial charge in [-0.2, -0.15) is 0 Å². The molecule has 3 nitrogen and oxygen atoms in total. The SMILES string of the molecule is CCOC(=O)/C=C/[C@@H]1CCCC[C@H]1CO. The summed E-state index contributed by atoms with van der Waals surface area (Å²) >= 11 is 0. The minimum absolute atomic E-state index is 0.220. The Morgan fingerprint density at radius 3 is 2.87 bits per heavy atom. The molecule has 2 atom stereocenters. The molecule has 0 saturated heterocycles. The van der Waals surface area contributed by atoms with E-state index in [0.29, 0.717) is 18.4 Å². The zero-order valence-corrected chi connectivity index (χ0v) is 9.32. The molecule has 0 amide bonds. The van der Waals surface area contributed by atoms with E-state index >= 15 is 0 Å². The lowest BCUT2D eigenvalue weighted by Crippen LogP contribution is -2.21. The molecule has 0 spiro atoms. The van der Waals surface area contributed by atoms with Crippen LogP contribution >= 0.6 is 0 Å². The minimum atomic E-state index is -0.278. The van der Waals surface area contributed by atoms with Gasteiger partial charge in [-0.1, -0.05) is 18.9 Å². The smallest absolute Gasteiger partial charge is 0.330 e. The maximum atomic E-state index is 11.1. The fraction of sp³-hybridized carbons (Fsp3) is 0.750. The fourth-order valence-electron chi connectivity index (χ4n) is 2.11. The first kappa shape index (κ1) is 12.2. The Morgan fingerprint density at radius 2 is 2.20 bits per heavy atom. The lowest BCUT2D eigenvalue weighted by molar-refractivity contribution is -0.137. The van der Waals surface area contributed by atoms with Crippen molar-refractivity contribution >= 4 is 5.97 Å². The second-order valence-corrected chi connectivity index (χ2v) is 4.00. The second kappa shape index (κ2) is 6.62. The van der Waals surface area contributed by atoms with Crippen LogP contribution in [-0.2, 0) is 9.53 Å². The number of carbonyl (C=O) groups is 1. The molecule has 1 saturated carbocycles. The first-order valence-corrected chi connectivity index (χ1v) is 5.73. The molecule has 15 heavy (non-hydrogen) atoms. The molecular formula is C12H20O3. The Balaban J connectivity index is 2.43. The number of ether oxygens (including phenoxy) is 1. The maximum Gasteiger partial charge on any atom is 0.330 e. The predicted octanol–water partition coefficient (Wildman–Crippen LogP) is 1.90. The Hall–Kier alpha value is -0.830. The van der Waals surface area contributed by atoms with Crippen LogP contribution in [0.15, 0.2) is 12.2 Å². The molecule has 1 fully saturated rings. The van der Waals surface area contributed by atoms with Gasteiger partial charge in [-0.15, -0.1) is 0 Å². The summed E-state index contributed by atoms with van der Waals surface area (Å²) < 4.78 is 4.81. The van der Waals surface area contributed by atoms with Gasteiger partial charge in [0.25, 0.3) is 0 Å². The molecule has 0 bridgehead atoms. The third-order valence-electron chi connectivity index (χ3n) is 2.97. The number of esters is 1. The van der Waals surface area contributed by atoms with Crippen LogP contribution in [0.4, 0.5) is 0 Å². The lowest BCUT2D eigenvalue weighted by atomic mass is 9.79. The highest BCUT2D eigenvalue weighted by Crippen LogP contribution is 2.30. The van der Waals surface area contributed by atoms with E-state index in [-0.39, 0.29) is 12.6 Å². The zero-order valence-electron chi connectivity index (χ0n) is 9.32. The van der Waals surface area contributed by atoms with E-state index in [1.165, 1.54) is 18.9 Å². The molecule has 1 N–H and O–H groups in total. The standard InChI is InChI=1S/C12H20O3/c1-2-15-12(14)8-7-10-5-3-4-6-11(10)9-13/h7-8,10-11,13H,2-6,9H2,1H3/b8-7+/t10-,11-/m0/s1. The van der Waals surface area contributed by atoms with Crippen molar-refractivity contribution in [1.82, 2.24) is 0 Å². The van der Waals surface area contributed by atoms with Gasteiger partial charge >= 0.3 is 5.97 Å². The van der Waals surface area contributed by atoms with Crippen molar-refractivity contribution in [2.75, 3.05) is 13.2 Å². The largest absolute Gasteiger partial charge is 0.463 e. The van der Waals surface area contributed by atoms with Gasteiger partial charge in [-0.25, -0.2) is 4.79 Å². The van der Waals surface area contributed by atoms with Crippen molar-refractivity contribution in [2.45, 2.75) is 32.6 Å². The number of aliphatic hydroxyl groups is 1. The summed E-state index contributed by atoms with van der Waals surface area (Å²) in [6.07, 6.45) is 7.92. The van der Waals surface area contributed by atoms with Crippen molar-refractivity contribution in [1.29, 1.82) is 0 Å². The van der Waals surface area contributed by atoms with Crippen molar-refractivity contribution in [2.24, 2.45) is 11.8 Å². The van der Waals surface area contributed by atoms with Crippen LogP contribution in [-0.4, -0.2) is 24.3 Å². The lowest BCUT2D eigenvalue weighted by Gasteiger charge is -2.27. The van der Waals surface area contributed by atoms with Crippen LogP contribution in [0.1, 0.15) is 32.6 Å². The van der Waals surface area contributed by atoms with Gasteiger partial charge in [0.05, 0.1) is 6.61 Å². The fourth-order valence-corrected chi connectivity index (χ4v) is 2.11. The quantitative estimate of drug-likeness (QED) is 0.572. The van der Waals surface area contributed by atoms with Crippen LogP contribution in [0.25, 0.3) is 0 Å². The van der Waals surface area contributed by atoms with E-state index in [9.17, 15) is 9.90 Å². The normalized spacial score (nSPS) is 26.8. The number of hydrogen-bond acceptors (Lipinski definition) is 3. The molecule has 0 heterocycles. The maximum absolute atomic E-state index is 11.1. The highest BCUT2D eigenvalue weighted by atomic mass is 16.5. The molecule has 3 heteroatoms. The van der Waals surface area contributed by atoms with Crippen LogP contribution in [0, 0.1) is 11.8 Å². The zero-order chi connectivity index (χ0) is 11.1. The number of carbonyl (C=O) groups excluding carboxylic acids is 1. The first-order valence-electron chi connectivity index (χ1n) is 5.73. The summed E-state index contributed by atoms with van der Waals surface area (Å²) in [5, 5.41) is 9.18. The third-order valence-corrected chi connectivity index (χ3v) is 2.97. The molecule has 0 radical (unpaired) electrons. The average Bonchev–Trinajstić information content (AvgIpc) is 2.27. The van der Waals surface area contributed by atoms with E-state index in [1.54, 1.807) is 6.92 Å². The molecule has 0 aromatic heterocycles. The summed E-state index contributed by atoms with van der Waals surface area (Å²) in [5.41, 5.74) is 0. The number of rotatable bonds is 4. The predicted molar refractivity (Wildman–Crippen MR) is 58.3 cm³/mol. The van der Waals surface area contributed by atoms with Gasteiger partial charge < -0.3 is 9.84 Å². The van der Waals surface area contributed by atoms with E-state index in [1.807, 2.05) is 6.08 Å². The van der Waals surface area contributed by atoms with Crippen LogP contribution in [0.3, 0.4) is 0 Å². The summed E-state index contributed by atoms with van der Waals surface area (Å²) in [7, 11) is 0. The molecule has 0 aromatic rings. The second-order valence-electron chi connectivity index (χ2n) is 4.00. The molecule has 86 valence electrons. The van der Waals surface area contributed by atoms with Crippen LogP contribution in [0.5, 0.6) is 0 Å². The van der Waals surface area contributed by atoms with Crippen molar-refractivity contribution in [3.05, 3.63) is 12.2 Å². The topological polar surface area (TPSA) is 46.5 Å². The van der Waals surface area contributed by atoms with Crippen LogP contribution < -0.4 is 0 Å². The molecule has 0 aromatic carbocycles. The van der Waals surface area contributed by atoms with E-state index in [2.05, 4.69) is 0 Å². The number of allylic oxidation sites excluding steroid dienone is 1. The van der Waals surface area contributed by atoms with Gasteiger partial charge in [0.1, 0.15) is 0 Å².